The average molecular weight is 250 g/mol. The minimum absolute atomic E-state index is 0.274. The van der Waals surface area contributed by atoms with Crippen LogP contribution in [-0.4, -0.2) is 35.3 Å². The van der Waals surface area contributed by atoms with Gasteiger partial charge in [0.25, 0.3) is 0 Å². The van der Waals surface area contributed by atoms with E-state index < -0.39 is 0 Å². The lowest BCUT2D eigenvalue weighted by Crippen LogP contribution is -2.30. The van der Waals surface area contributed by atoms with E-state index >= 15 is 0 Å². The van der Waals surface area contributed by atoms with E-state index in [1.165, 1.54) is 0 Å². The number of anilines is 2. The highest BCUT2D eigenvalue weighted by Crippen LogP contribution is 2.19. The molecular weight excluding hydrogens is 228 g/mol. The van der Waals surface area contributed by atoms with Crippen molar-refractivity contribution >= 4 is 11.6 Å². The molecular formula is C13H22N4O. The third-order valence-electron chi connectivity index (χ3n) is 3.09. The molecule has 2 rings (SSSR count). The van der Waals surface area contributed by atoms with Crippen molar-refractivity contribution in [3.8, 4) is 0 Å². The van der Waals surface area contributed by atoms with Crippen molar-refractivity contribution < 1.29 is 4.74 Å². The topological polar surface area (TPSA) is 59.1 Å². The van der Waals surface area contributed by atoms with Crippen LogP contribution in [0.2, 0.25) is 0 Å². The number of ether oxygens (including phenoxy) is 1. The van der Waals surface area contributed by atoms with Gasteiger partial charge in [-0.25, -0.2) is 9.97 Å². The van der Waals surface area contributed by atoms with Gasteiger partial charge in [-0.2, -0.15) is 0 Å². The molecule has 18 heavy (non-hydrogen) atoms. The molecule has 5 nitrogen and oxygen atoms in total. The highest BCUT2D eigenvalue weighted by atomic mass is 16.5. The summed E-state index contributed by atoms with van der Waals surface area (Å²) in [6, 6.07) is 2.22. The zero-order valence-corrected chi connectivity index (χ0v) is 11.4. The summed E-state index contributed by atoms with van der Waals surface area (Å²) in [7, 11) is 0. The number of nitrogens with zero attached hydrogens (tertiary/aromatic N) is 2. The summed E-state index contributed by atoms with van der Waals surface area (Å²) >= 11 is 0. The third-order valence-corrected chi connectivity index (χ3v) is 3.09. The predicted octanol–water partition coefficient (Wildman–Crippen LogP) is 2.20. The maximum Gasteiger partial charge on any atom is 0.132 e. The number of hydrogen-bond acceptors (Lipinski definition) is 5. The standard InChI is InChI=1S/C13H22N4O/c1-4-14-12-8-13(17-10(3)16-12)15-9(2)11-6-5-7-18-11/h8-9,11H,4-7H2,1-3H3,(H2,14,15,16,17). The van der Waals surface area contributed by atoms with Crippen molar-refractivity contribution in [2.24, 2.45) is 0 Å². The molecule has 2 unspecified atom stereocenters. The van der Waals surface area contributed by atoms with E-state index in [9.17, 15) is 0 Å². The first-order valence-corrected chi connectivity index (χ1v) is 6.66. The van der Waals surface area contributed by atoms with Crippen LogP contribution in [0.15, 0.2) is 6.07 Å². The van der Waals surface area contributed by atoms with Gasteiger partial charge in [-0.15, -0.1) is 0 Å². The fourth-order valence-corrected chi connectivity index (χ4v) is 2.24. The van der Waals surface area contributed by atoms with Gasteiger partial charge in [0, 0.05) is 19.2 Å². The molecule has 0 aliphatic carbocycles. The molecule has 1 aromatic rings. The summed E-state index contributed by atoms with van der Waals surface area (Å²) in [6.45, 7) is 7.84. The summed E-state index contributed by atoms with van der Waals surface area (Å²) < 4.78 is 5.67. The van der Waals surface area contributed by atoms with Crippen LogP contribution in [0.1, 0.15) is 32.5 Å². The van der Waals surface area contributed by atoms with Crippen LogP contribution in [0.4, 0.5) is 11.6 Å². The third kappa shape index (κ3) is 3.32. The first-order valence-electron chi connectivity index (χ1n) is 6.66. The van der Waals surface area contributed by atoms with Crippen LogP contribution in [0.3, 0.4) is 0 Å². The second-order valence-electron chi connectivity index (χ2n) is 4.70. The minimum Gasteiger partial charge on any atom is -0.376 e. The van der Waals surface area contributed by atoms with Crippen LogP contribution < -0.4 is 10.6 Å². The molecule has 1 fully saturated rings. The van der Waals surface area contributed by atoms with Crippen LogP contribution in [0.25, 0.3) is 0 Å². The molecule has 100 valence electrons. The van der Waals surface area contributed by atoms with Crippen molar-refractivity contribution in [1.82, 2.24) is 9.97 Å². The molecule has 0 saturated carbocycles. The van der Waals surface area contributed by atoms with Gasteiger partial charge < -0.3 is 15.4 Å². The van der Waals surface area contributed by atoms with Gasteiger partial charge in [-0.1, -0.05) is 0 Å². The quantitative estimate of drug-likeness (QED) is 0.839. The maximum absolute atomic E-state index is 5.67. The van der Waals surface area contributed by atoms with Crippen molar-refractivity contribution in [1.29, 1.82) is 0 Å². The van der Waals surface area contributed by atoms with Gasteiger partial charge in [-0.05, 0) is 33.6 Å². The molecule has 1 saturated heterocycles. The Labute approximate surface area is 108 Å². The summed E-state index contributed by atoms with van der Waals surface area (Å²) in [5, 5.41) is 6.62. The van der Waals surface area contributed by atoms with Crippen molar-refractivity contribution in [2.45, 2.75) is 45.8 Å². The average Bonchev–Trinajstić information content (AvgIpc) is 2.81. The van der Waals surface area contributed by atoms with E-state index in [-0.39, 0.29) is 6.04 Å². The van der Waals surface area contributed by atoms with Gasteiger partial charge in [0.05, 0.1) is 12.1 Å². The van der Waals surface area contributed by atoms with Gasteiger partial charge in [0.2, 0.25) is 0 Å². The molecule has 0 bridgehead atoms. The smallest absolute Gasteiger partial charge is 0.132 e. The van der Waals surface area contributed by atoms with E-state index in [0.717, 1.165) is 43.5 Å². The van der Waals surface area contributed by atoms with Crippen molar-refractivity contribution in [3.05, 3.63) is 11.9 Å². The summed E-state index contributed by atoms with van der Waals surface area (Å²) in [5.74, 6) is 2.50. The maximum atomic E-state index is 5.67. The highest BCUT2D eigenvalue weighted by Gasteiger charge is 2.22. The van der Waals surface area contributed by atoms with Crippen molar-refractivity contribution in [3.63, 3.8) is 0 Å². The van der Waals surface area contributed by atoms with Crippen LogP contribution >= 0.6 is 0 Å². The van der Waals surface area contributed by atoms with E-state index in [2.05, 4.69) is 34.4 Å². The first kappa shape index (κ1) is 13.1. The molecule has 0 amide bonds. The fourth-order valence-electron chi connectivity index (χ4n) is 2.24. The number of hydrogen-bond donors (Lipinski definition) is 2. The Bertz CT molecular complexity index is 391. The summed E-state index contributed by atoms with van der Waals surface area (Å²) in [5.41, 5.74) is 0. The Hall–Kier alpha value is -1.36. The Morgan fingerprint density at radius 3 is 2.89 bits per heavy atom. The van der Waals surface area contributed by atoms with Crippen LogP contribution in [-0.2, 0) is 4.74 Å². The molecule has 1 aromatic heterocycles. The molecule has 2 heterocycles. The SMILES string of the molecule is CCNc1cc(NC(C)C2CCCO2)nc(C)n1. The summed E-state index contributed by atoms with van der Waals surface area (Å²) in [4.78, 5) is 8.74. The molecule has 1 aliphatic heterocycles. The largest absolute Gasteiger partial charge is 0.376 e. The molecule has 1 aliphatic rings. The second kappa shape index (κ2) is 6.00. The zero-order chi connectivity index (χ0) is 13.0. The second-order valence-corrected chi connectivity index (χ2v) is 4.70. The normalized spacial score (nSPS) is 20.7. The van der Waals surface area contributed by atoms with Crippen molar-refractivity contribution in [2.75, 3.05) is 23.8 Å². The van der Waals surface area contributed by atoms with E-state index in [1.54, 1.807) is 0 Å². The Morgan fingerprint density at radius 1 is 1.44 bits per heavy atom. The zero-order valence-electron chi connectivity index (χ0n) is 11.4. The minimum atomic E-state index is 0.274. The van der Waals surface area contributed by atoms with E-state index in [1.807, 2.05) is 13.0 Å². The number of nitrogens with one attached hydrogen (secondary N) is 2. The fraction of sp³-hybridized carbons (Fsp3) is 0.692. The molecule has 5 heteroatoms. The Morgan fingerprint density at radius 2 is 2.22 bits per heavy atom. The lowest BCUT2D eigenvalue weighted by molar-refractivity contribution is 0.0995. The Kier molecular flexibility index (Phi) is 4.36. The monoisotopic (exact) mass is 250 g/mol. The van der Waals surface area contributed by atoms with Crippen LogP contribution in [0.5, 0.6) is 0 Å². The lowest BCUT2D eigenvalue weighted by atomic mass is 10.1. The van der Waals surface area contributed by atoms with Gasteiger partial charge in [0.15, 0.2) is 0 Å². The molecule has 0 radical (unpaired) electrons. The van der Waals surface area contributed by atoms with Crippen LogP contribution in [0, 0.1) is 6.92 Å². The number of aromatic nitrogens is 2. The lowest BCUT2D eigenvalue weighted by Gasteiger charge is -2.21. The van der Waals surface area contributed by atoms with Gasteiger partial charge in [-0.3, -0.25) is 0 Å². The molecule has 0 aromatic carbocycles. The molecule has 2 atom stereocenters. The summed E-state index contributed by atoms with van der Waals surface area (Å²) in [6.07, 6.45) is 2.57. The van der Waals surface area contributed by atoms with E-state index in [0.29, 0.717) is 6.10 Å². The Balaban J connectivity index is 2.03. The first-order chi connectivity index (χ1) is 8.69. The number of rotatable bonds is 5. The number of aryl methyl sites for hydroxylation is 1. The molecule has 0 spiro atoms. The molecule has 2 N–H and O–H groups in total. The highest BCUT2D eigenvalue weighted by molar-refractivity contribution is 5.48. The predicted molar refractivity (Wildman–Crippen MR) is 73.0 cm³/mol. The van der Waals surface area contributed by atoms with Gasteiger partial charge in [0.1, 0.15) is 17.5 Å². The van der Waals surface area contributed by atoms with Gasteiger partial charge >= 0.3 is 0 Å². The van der Waals surface area contributed by atoms with E-state index in [4.69, 9.17) is 4.74 Å².